The van der Waals surface area contributed by atoms with E-state index in [0.717, 1.165) is 38.0 Å². The number of piperidine rings is 2. The lowest BCUT2D eigenvalue weighted by Crippen LogP contribution is -2.40. The molecule has 184 valence electrons. The minimum Gasteiger partial charge on any atom is -0.352 e. The van der Waals surface area contributed by atoms with Crippen molar-refractivity contribution in [1.82, 2.24) is 25.3 Å². The summed E-state index contributed by atoms with van der Waals surface area (Å²) in [6, 6.07) is 18.5. The van der Waals surface area contributed by atoms with Crippen LogP contribution in [0.5, 0.6) is 0 Å². The fourth-order valence-electron chi connectivity index (χ4n) is 5.12. The van der Waals surface area contributed by atoms with Gasteiger partial charge in [-0.3, -0.25) is 14.6 Å². The second-order valence-electron chi connectivity index (χ2n) is 9.80. The minimum absolute atomic E-state index is 0.0605. The van der Waals surface area contributed by atoms with Gasteiger partial charge in [0.25, 0.3) is 0 Å². The van der Waals surface area contributed by atoms with Crippen LogP contribution in [0, 0.1) is 5.92 Å². The molecule has 2 aliphatic heterocycles. The van der Waals surface area contributed by atoms with E-state index >= 15 is 0 Å². The van der Waals surface area contributed by atoms with E-state index in [-0.39, 0.29) is 11.8 Å². The van der Waals surface area contributed by atoms with E-state index in [9.17, 15) is 4.79 Å². The van der Waals surface area contributed by atoms with E-state index in [2.05, 4.69) is 49.5 Å². The molecule has 0 spiro atoms. The van der Waals surface area contributed by atoms with E-state index in [1.165, 1.54) is 43.5 Å². The number of carbonyl (C=O) groups is 1. The Morgan fingerprint density at radius 3 is 2.43 bits per heavy atom. The van der Waals surface area contributed by atoms with Gasteiger partial charge in [-0.2, -0.15) is 4.98 Å². The van der Waals surface area contributed by atoms with Gasteiger partial charge in [0, 0.05) is 24.6 Å². The van der Waals surface area contributed by atoms with Crippen LogP contribution in [-0.2, 0) is 24.4 Å². The molecule has 7 heteroatoms. The van der Waals surface area contributed by atoms with Crippen LogP contribution in [-0.4, -0.2) is 52.0 Å². The molecular weight excluding hydrogens is 438 g/mol. The summed E-state index contributed by atoms with van der Waals surface area (Å²) in [4.78, 5) is 22.2. The average Bonchev–Trinajstić information content (AvgIpc) is 3.38. The van der Waals surface area contributed by atoms with Gasteiger partial charge in [-0.15, -0.1) is 0 Å². The van der Waals surface area contributed by atoms with E-state index in [4.69, 9.17) is 4.52 Å². The molecular formula is C28H35N5O2. The van der Waals surface area contributed by atoms with Crippen molar-refractivity contribution in [3.8, 4) is 11.4 Å². The van der Waals surface area contributed by atoms with Gasteiger partial charge in [-0.05, 0) is 63.0 Å². The normalized spacial score (nSPS) is 17.9. The number of benzene rings is 2. The third kappa shape index (κ3) is 6.55. The number of likely N-dealkylation sites (tertiary alicyclic amines) is 2. The first-order chi connectivity index (χ1) is 17.2. The van der Waals surface area contributed by atoms with E-state index in [1.54, 1.807) is 0 Å². The van der Waals surface area contributed by atoms with Crippen molar-refractivity contribution in [2.45, 2.75) is 51.7 Å². The molecule has 2 saturated heterocycles. The molecule has 0 saturated carbocycles. The number of rotatable bonds is 8. The molecule has 35 heavy (non-hydrogen) atoms. The molecule has 2 aromatic carbocycles. The third-order valence-corrected chi connectivity index (χ3v) is 7.13. The molecule has 0 bridgehead atoms. The Hall–Kier alpha value is -3.03. The quantitative estimate of drug-likeness (QED) is 0.527. The fraction of sp³-hybridized carbons (Fsp3) is 0.464. The highest BCUT2D eigenvalue weighted by atomic mass is 16.5. The monoisotopic (exact) mass is 473 g/mol. The van der Waals surface area contributed by atoms with E-state index in [0.29, 0.717) is 24.8 Å². The van der Waals surface area contributed by atoms with Crippen molar-refractivity contribution in [2.24, 2.45) is 5.92 Å². The van der Waals surface area contributed by atoms with Crippen LogP contribution in [0.2, 0.25) is 0 Å². The van der Waals surface area contributed by atoms with E-state index < -0.39 is 0 Å². The SMILES string of the molecule is O=C(NCc1cccc(CN2CCCCC2)c1)C1CCN(Cc2nc(-c3ccccc3)no2)CC1. The smallest absolute Gasteiger partial charge is 0.241 e. The average molecular weight is 474 g/mol. The Bertz CT molecular complexity index is 1090. The molecule has 0 radical (unpaired) electrons. The summed E-state index contributed by atoms with van der Waals surface area (Å²) in [5.41, 5.74) is 3.47. The number of nitrogens with zero attached hydrogens (tertiary/aromatic N) is 4. The zero-order valence-corrected chi connectivity index (χ0v) is 20.4. The topological polar surface area (TPSA) is 74.5 Å². The number of carbonyl (C=O) groups excluding carboxylic acids is 1. The molecule has 2 aliphatic rings. The van der Waals surface area contributed by atoms with Gasteiger partial charge in [0.2, 0.25) is 17.6 Å². The highest BCUT2D eigenvalue weighted by Gasteiger charge is 2.26. The summed E-state index contributed by atoms with van der Waals surface area (Å²) in [6.07, 6.45) is 5.66. The highest BCUT2D eigenvalue weighted by Crippen LogP contribution is 2.21. The largest absolute Gasteiger partial charge is 0.352 e. The second kappa shape index (κ2) is 11.6. The molecule has 2 fully saturated rings. The molecule has 5 rings (SSSR count). The summed E-state index contributed by atoms with van der Waals surface area (Å²) in [7, 11) is 0. The third-order valence-electron chi connectivity index (χ3n) is 7.13. The van der Waals surface area contributed by atoms with Crippen LogP contribution in [0.15, 0.2) is 59.1 Å². The van der Waals surface area contributed by atoms with Gasteiger partial charge < -0.3 is 9.84 Å². The standard InChI is InChI=1S/C28H35N5O2/c34-28(29-19-22-8-7-9-23(18-22)20-32-14-5-2-6-15-32)25-12-16-33(17-13-25)21-26-30-27(31-35-26)24-10-3-1-4-11-24/h1,3-4,7-11,18,25H,2,5-6,12-17,19-21H2,(H,29,34). The van der Waals surface area contributed by atoms with E-state index in [1.807, 2.05) is 30.3 Å². The first-order valence-electron chi connectivity index (χ1n) is 12.9. The maximum Gasteiger partial charge on any atom is 0.241 e. The maximum atomic E-state index is 12.8. The zero-order valence-electron chi connectivity index (χ0n) is 20.4. The molecule has 1 amide bonds. The van der Waals surface area contributed by atoms with Gasteiger partial charge in [0.1, 0.15) is 0 Å². The summed E-state index contributed by atoms with van der Waals surface area (Å²) in [6.45, 7) is 6.32. The van der Waals surface area contributed by atoms with Crippen LogP contribution < -0.4 is 5.32 Å². The Kier molecular flexibility index (Phi) is 7.85. The maximum absolute atomic E-state index is 12.8. The van der Waals surface area contributed by atoms with Gasteiger partial charge in [0.05, 0.1) is 6.54 Å². The number of aromatic nitrogens is 2. The first kappa shape index (κ1) is 23.7. The lowest BCUT2D eigenvalue weighted by atomic mass is 9.96. The predicted octanol–water partition coefficient (Wildman–Crippen LogP) is 4.25. The number of hydrogen-bond donors (Lipinski definition) is 1. The van der Waals surface area contributed by atoms with Crippen LogP contribution in [0.25, 0.3) is 11.4 Å². The molecule has 7 nitrogen and oxygen atoms in total. The van der Waals surface area contributed by atoms with Crippen molar-refractivity contribution < 1.29 is 9.32 Å². The fourth-order valence-corrected chi connectivity index (χ4v) is 5.12. The second-order valence-corrected chi connectivity index (χ2v) is 9.80. The minimum atomic E-state index is 0.0605. The Morgan fingerprint density at radius 1 is 0.886 bits per heavy atom. The lowest BCUT2D eigenvalue weighted by molar-refractivity contribution is -0.126. The number of hydrogen-bond acceptors (Lipinski definition) is 6. The van der Waals surface area contributed by atoms with Crippen molar-refractivity contribution in [3.63, 3.8) is 0 Å². The van der Waals surface area contributed by atoms with Crippen LogP contribution >= 0.6 is 0 Å². The molecule has 0 atom stereocenters. The zero-order chi connectivity index (χ0) is 23.9. The molecule has 0 unspecified atom stereocenters. The summed E-state index contributed by atoms with van der Waals surface area (Å²) in [5.74, 6) is 1.46. The first-order valence-corrected chi connectivity index (χ1v) is 12.9. The molecule has 1 aromatic heterocycles. The molecule has 0 aliphatic carbocycles. The summed E-state index contributed by atoms with van der Waals surface area (Å²) in [5, 5.41) is 7.28. The Balaban J connectivity index is 1.06. The van der Waals surface area contributed by atoms with Crippen LogP contribution in [0.4, 0.5) is 0 Å². The van der Waals surface area contributed by atoms with Crippen LogP contribution in [0.3, 0.4) is 0 Å². The summed E-state index contributed by atoms with van der Waals surface area (Å²) < 4.78 is 5.46. The number of nitrogens with one attached hydrogen (secondary N) is 1. The van der Waals surface area contributed by atoms with Crippen molar-refractivity contribution >= 4 is 5.91 Å². The van der Waals surface area contributed by atoms with Gasteiger partial charge in [0.15, 0.2) is 0 Å². The van der Waals surface area contributed by atoms with Gasteiger partial charge in [-0.25, -0.2) is 0 Å². The predicted molar refractivity (Wildman–Crippen MR) is 135 cm³/mol. The number of amides is 1. The van der Waals surface area contributed by atoms with Gasteiger partial charge in [-0.1, -0.05) is 66.2 Å². The lowest BCUT2D eigenvalue weighted by Gasteiger charge is -2.30. The van der Waals surface area contributed by atoms with Gasteiger partial charge >= 0.3 is 0 Å². The van der Waals surface area contributed by atoms with Crippen LogP contribution in [0.1, 0.15) is 49.1 Å². The molecule has 3 aromatic rings. The highest BCUT2D eigenvalue weighted by molar-refractivity contribution is 5.78. The Labute approximate surface area is 207 Å². The Morgan fingerprint density at radius 2 is 1.63 bits per heavy atom. The van der Waals surface area contributed by atoms with Crippen molar-refractivity contribution in [1.29, 1.82) is 0 Å². The van der Waals surface area contributed by atoms with Crippen molar-refractivity contribution in [3.05, 3.63) is 71.6 Å². The molecule has 1 N–H and O–H groups in total. The summed E-state index contributed by atoms with van der Waals surface area (Å²) >= 11 is 0. The van der Waals surface area contributed by atoms with Crippen molar-refractivity contribution in [2.75, 3.05) is 26.2 Å². The molecule has 3 heterocycles.